The topological polar surface area (TPSA) is 74.6 Å². The zero-order chi connectivity index (χ0) is 24.9. The molecule has 4 rings (SSSR count). The van der Waals surface area contributed by atoms with Crippen LogP contribution >= 0.6 is 15.9 Å². The largest absolute Gasteiger partial charge is 0.488 e. The van der Waals surface area contributed by atoms with Crippen molar-refractivity contribution < 1.29 is 19.6 Å². The van der Waals surface area contributed by atoms with Crippen molar-refractivity contribution in [1.29, 1.82) is 0 Å². The summed E-state index contributed by atoms with van der Waals surface area (Å²) in [6, 6.07) is 33.8. The van der Waals surface area contributed by atoms with E-state index in [1.807, 2.05) is 60.7 Å². The van der Waals surface area contributed by atoms with Gasteiger partial charge in [-0.15, -0.1) is 0 Å². The van der Waals surface area contributed by atoms with Gasteiger partial charge in [-0.25, -0.2) is 0 Å². The number of halogens is 1. The highest BCUT2D eigenvalue weighted by Crippen LogP contribution is 2.19. The quantitative estimate of drug-likeness (QED) is 0.242. The lowest BCUT2D eigenvalue weighted by molar-refractivity contribution is 0.100. The molecular weight excluding hydrogens is 503 g/mol. The molecule has 2 N–H and O–H groups in total. The van der Waals surface area contributed by atoms with Gasteiger partial charge in [0.1, 0.15) is 0 Å². The molecule has 0 aliphatic heterocycles. The highest BCUT2D eigenvalue weighted by Gasteiger charge is 2.07. The first-order valence-electron chi connectivity index (χ1n) is 10.6. The van der Waals surface area contributed by atoms with E-state index in [1.165, 1.54) is 5.56 Å². The van der Waals surface area contributed by atoms with Crippen LogP contribution in [0.2, 0.25) is 0 Å². The maximum absolute atomic E-state index is 11.1. The SMILES string of the molecule is C.CC(=O)c1ccc(-c2ccccc2)cc1.CC(=O)c1ccc(Br)cc1.OB(O)c1ccccc1. The molecule has 0 heterocycles. The number of hydrogen-bond donors (Lipinski definition) is 2. The summed E-state index contributed by atoms with van der Waals surface area (Å²) in [5.41, 5.74) is 4.35. The summed E-state index contributed by atoms with van der Waals surface area (Å²) in [5.74, 6) is 0.210. The second kappa shape index (κ2) is 15.6. The van der Waals surface area contributed by atoms with Crippen molar-refractivity contribution >= 4 is 40.1 Å². The molecule has 4 aromatic carbocycles. The number of carbonyl (C=O) groups is 2. The number of hydrogen-bond acceptors (Lipinski definition) is 4. The van der Waals surface area contributed by atoms with Gasteiger partial charge in [-0.2, -0.15) is 0 Å². The smallest absolute Gasteiger partial charge is 0.423 e. The van der Waals surface area contributed by atoms with E-state index in [0.717, 1.165) is 21.2 Å². The van der Waals surface area contributed by atoms with Crippen molar-refractivity contribution in [3.8, 4) is 11.1 Å². The Balaban J connectivity index is 0.000000271. The van der Waals surface area contributed by atoms with Crippen molar-refractivity contribution in [3.05, 3.63) is 125 Å². The predicted molar refractivity (Wildman–Crippen MR) is 149 cm³/mol. The van der Waals surface area contributed by atoms with Gasteiger partial charge in [-0.3, -0.25) is 9.59 Å². The fraction of sp³-hybridized carbons (Fsp3) is 0.103. The van der Waals surface area contributed by atoms with E-state index >= 15 is 0 Å². The Kier molecular flexibility index (Phi) is 13.2. The second-order valence-electron chi connectivity index (χ2n) is 7.35. The van der Waals surface area contributed by atoms with Gasteiger partial charge in [0.05, 0.1) is 0 Å². The molecule has 0 radical (unpaired) electrons. The molecule has 0 bridgehead atoms. The molecule has 0 atom stereocenters. The normalized spacial score (nSPS) is 9.29. The van der Waals surface area contributed by atoms with E-state index in [1.54, 1.807) is 50.2 Å². The maximum Gasteiger partial charge on any atom is 0.488 e. The van der Waals surface area contributed by atoms with Crippen LogP contribution in [-0.2, 0) is 0 Å². The first-order chi connectivity index (χ1) is 16.3. The van der Waals surface area contributed by atoms with Gasteiger partial charge in [-0.05, 0) is 42.6 Å². The lowest BCUT2D eigenvalue weighted by atomic mass is 9.81. The second-order valence-corrected chi connectivity index (χ2v) is 8.26. The average molecular weight is 533 g/mol. The molecule has 0 aliphatic rings. The monoisotopic (exact) mass is 532 g/mol. The molecule has 0 aliphatic carbocycles. The number of benzene rings is 4. The van der Waals surface area contributed by atoms with Gasteiger partial charge in [-0.1, -0.05) is 120 Å². The van der Waals surface area contributed by atoms with Crippen LogP contribution in [0.4, 0.5) is 0 Å². The number of carbonyl (C=O) groups excluding carboxylic acids is 2. The minimum Gasteiger partial charge on any atom is -0.423 e. The standard InChI is InChI=1S/C14H12O.C8H7BrO.C6H7BO2.CH4/c1-11(15)12-7-9-14(10-8-12)13-5-3-2-4-6-13;1-6(10)7-2-4-8(9)5-3-7;8-7(9)6-4-2-1-3-5-6;/h2-10H,1H3;2-5H,1H3;1-5,8-9H;1H4. The van der Waals surface area contributed by atoms with Crippen molar-refractivity contribution in [2.75, 3.05) is 0 Å². The molecule has 0 unspecified atom stereocenters. The summed E-state index contributed by atoms with van der Waals surface area (Å²) in [6.45, 7) is 3.14. The number of ketones is 2. The number of rotatable bonds is 4. The highest BCUT2D eigenvalue weighted by atomic mass is 79.9. The van der Waals surface area contributed by atoms with Crippen LogP contribution in [0.3, 0.4) is 0 Å². The van der Waals surface area contributed by atoms with Crippen LogP contribution in [0.5, 0.6) is 0 Å². The number of Topliss-reactive ketones (excluding diaryl/α,β-unsaturated/α-hetero) is 2. The van der Waals surface area contributed by atoms with Gasteiger partial charge in [0.15, 0.2) is 11.6 Å². The van der Waals surface area contributed by atoms with Crippen molar-refractivity contribution in [3.63, 3.8) is 0 Å². The van der Waals surface area contributed by atoms with Gasteiger partial charge in [0, 0.05) is 15.6 Å². The van der Waals surface area contributed by atoms with E-state index in [0.29, 0.717) is 5.46 Å². The molecule has 0 aromatic heterocycles. The Morgan fingerprint density at radius 1 is 0.600 bits per heavy atom. The molecule has 6 heteroatoms. The molecule has 0 saturated carbocycles. The van der Waals surface area contributed by atoms with Crippen molar-refractivity contribution in [2.24, 2.45) is 0 Å². The fourth-order valence-electron chi connectivity index (χ4n) is 2.84. The Morgan fingerprint density at radius 3 is 1.34 bits per heavy atom. The summed E-state index contributed by atoms with van der Waals surface area (Å²) in [7, 11) is -1.34. The fourth-order valence-corrected chi connectivity index (χ4v) is 3.10. The summed E-state index contributed by atoms with van der Waals surface area (Å²) in [6.07, 6.45) is 0. The molecule has 4 aromatic rings. The molecule has 35 heavy (non-hydrogen) atoms. The molecule has 0 spiro atoms. The first kappa shape index (κ1) is 29.7. The van der Waals surface area contributed by atoms with E-state index in [9.17, 15) is 9.59 Å². The highest BCUT2D eigenvalue weighted by molar-refractivity contribution is 9.10. The Morgan fingerprint density at radius 2 is 0.971 bits per heavy atom. The van der Waals surface area contributed by atoms with Crippen LogP contribution in [0, 0.1) is 0 Å². The molecule has 180 valence electrons. The molecule has 0 fully saturated rings. The van der Waals surface area contributed by atoms with Crippen molar-refractivity contribution in [1.82, 2.24) is 0 Å². The average Bonchev–Trinajstić information content (AvgIpc) is 2.86. The summed E-state index contributed by atoms with van der Waals surface area (Å²) < 4.78 is 0.998. The summed E-state index contributed by atoms with van der Waals surface area (Å²) in [4.78, 5) is 21.8. The zero-order valence-electron chi connectivity index (χ0n) is 19.1. The molecular formula is C29H30BBrO4. The van der Waals surface area contributed by atoms with E-state index in [-0.39, 0.29) is 19.0 Å². The van der Waals surface area contributed by atoms with E-state index in [2.05, 4.69) is 28.1 Å². The predicted octanol–water partition coefficient (Wildman–Crippen LogP) is 6.21. The first-order valence-corrected chi connectivity index (χ1v) is 11.4. The maximum atomic E-state index is 11.1. The Bertz CT molecular complexity index is 1160. The van der Waals surface area contributed by atoms with E-state index in [4.69, 9.17) is 10.0 Å². The van der Waals surface area contributed by atoms with Crippen molar-refractivity contribution in [2.45, 2.75) is 21.3 Å². The molecule has 0 amide bonds. The Labute approximate surface area is 216 Å². The van der Waals surface area contributed by atoms with Gasteiger partial charge < -0.3 is 10.0 Å². The molecule has 4 nitrogen and oxygen atoms in total. The van der Waals surface area contributed by atoms with Crippen LogP contribution in [-0.4, -0.2) is 28.7 Å². The summed E-state index contributed by atoms with van der Waals surface area (Å²) >= 11 is 3.28. The van der Waals surface area contributed by atoms with Crippen LogP contribution in [0.1, 0.15) is 42.0 Å². The third kappa shape index (κ3) is 10.7. The minimum absolute atomic E-state index is 0. The zero-order valence-corrected chi connectivity index (χ0v) is 20.6. The third-order valence-corrected chi connectivity index (χ3v) is 5.28. The van der Waals surface area contributed by atoms with Gasteiger partial charge in [0.2, 0.25) is 0 Å². The lowest BCUT2D eigenvalue weighted by Crippen LogP contribution is -2.29. The van der Waals surface area contributed by atoms with E-state index < -0.39 is 7.12 Å². The van der Waals surface area contributed by atoms with Gasteiger partial charge >= 0.3 is 7.12 Å². The van der Waals surface area contributed by atoms with Gasteiger partial charge in [0.25, 0.3) is 0 Å². The van der Waals surface area contributed by atoms with Crippen LogP contribution in [0.25, 0.3) is 11.1 Å². The third-order valence-electron chi connectivity index (χ3n) is 4.75. The minimum atomic E-state index is -1.34. The lowest BCUT2D eigenvalue weighted by Gasteiger charge is -2.01. The summed E-state index contributed by atoms with van der Waals surface area (Å²) in [5, 5.41) is 17.2. The van der Waals surface area contributed by atoms with Crippen LogP contribution < -0.4 is 5.46 Å². The molecule has 0 saturated heterocycles. The Hall–Kier alpha value is -3.32. The van der Waals surface area contributed by atoms with Crippen LogP contribution in [0.15, 0.2) is 114 Å².